The summed E-state index contributed by atoms with van der Waals surface area (Å²) in [5.41, 5.74) is 4.37. The van der Waals surface area contributed by atoms with Gasteiger partial charge in [0.1, 0.15) is 5.78 Å². The predicted octanol–water partition coefficient (Wildman–Crippen LogP) is 6.69. The fourth-order valence-electron chi connectivity index (χ4n) is 8.07. The Morgan fingerprint density at radius 2 is 1.55 bits per heavy atom. The van der Waals surface area contributed by atoms with Gasteiger partial charge >= 0.3 is 0 Å². The first-order valence-corrected chi connectivity index (χ1v) is 14.4. The smallest absolute Gasteiger partial charge is 0.230 e. The highest BCUT2D eigenvalue weighted by Crippen LogP contribution is 2.58. The first-order valence-electron chi connectivity index (χ1n) is 14.4. The molecule has 1 heterocycles. The number of nitrogens with one attached hydrogen (secondary N) is 3. The zero-order valence-corrected chi connectivity index (χ0v) is 21.7. The van der Waals surface area contributed by atoms with Gasteiger partial charge in [0.2, 0.25) is 11.8 Å². The molecule has 38 heavy (non-hydrogen) atoms. The molecule has 8 rings (SSSR count). The fraction of sp³-hybridized carbons (Fsp3) is 0.469. The molecule has 0 radical (unpaired) electrons. The molecule has 5 saturated carbocycles. The van der Waals surface area contributed by atoms with E-state index in [-0.39, 0.29) is 35.0 Å². The average Bonchev–Trinajstić information content (AvgIpc) is 3.35. The molecular formula is C32H35N3O3. The van der Waals surface area contributed by atoms with Crippen LogP contribution >= 0.6 is 0 Å². The van der Waals surface area contributed by atoms with Crippen molar-refractivity contribution in [3.05, 3.63) is 48.7 Å². The average molecular weight is 510 g/mol. The Kier molecular flexibility index (Phi) is 5.68. The Balaban J connectivity index is 1.07. The molecule has 196 valence electrons. The van der Waals surface area contributed by atoms with Gasteiger partial charge in [-0.05, 0) is 86.8 Å². The van der Waals surface area contributed by atoms with Crippen molar-refractivity contribution in [2.75, 3.05) is 10.6 Å². The van der Waals surface area contributed by atoms with E-state index in [1.54, 1.807) is 0 Å². The third-order valence-electron chi connectivity index (χ3n) is 9.85. The normalized spacial score (nSPS) is 28.5. The number of aromatic amines is 1. The van der Waals surface area contributed by atoms with E-state index in [0.29, 0.717) is 11.7 Å². The number of aromatic nitrogens is 1. The molecule has 3 N–H and O–H groups in total. The lowest BCUT2D eigenvalue weighted by atomic mass is 9.49. The second-order valence-corrected chi connectivity index (χ2v) is 12.3. The van der Waals surface area contributed by atoms with Crippen molar-refractivity contribution >= 4 is 39.9 Å². The number of rotatable bonds is 5. The molecule has 6 heteroatoms. The molecule has 0 saturated heterocycles. The summed E-state index contributed by atoms with van der Waals surface area (Å²) in [6, 6.07) is 14.0. The third-order valence-corrected chi connectivity index (χ3v) is 9.85. The van der Waals surface area contributed by atoms with Crippen LogP contribution in [0.3, 0.4) is 0 Å². The summed E-state index contributed by atoms with van der Waals surface area (Å²) in [6.07, 6.45) is 11.8. The molecule has 1 aromatic heterocycles. The van der Waals surface area contributed by atoms with Crippen molar-refractivity contribution in [1.29, 1.82) is 0 Å². The Morgan fingerprint density at radius 1 is 0.842 bits per heavy atom. The van der Waals surface area contributed by atoms with Crippen LogP contribution in [0.4, 0.5) is 11.4 Å². The number of ketones is 1. The van der Waals surface area contributed by atoms with Gasteiger partial charge in [0.15, 0.2) is 0 Å². The van der Waals surface area contributed by atoms with Crippen LogP contribution in [-0.2, 0) is 14.4 Å². The molecule has 0 spiro atoms. The van der Waals surface area contributed by atoms with Gasteiger partial charge in [-0.1, -0.05) is 31.4 Å². The van der Waals surface area contributed by atoms with E-state index in [1.807, 2.05) is 48.7 Å². The molecule has 0 aliphatic heterocycles. The maximum atomic E-state index is 13.4. The molecule has 5 aliphatic rings. The van der Waals surface area contributed by atoms with Crippen molar-refractivity contribution in [2.24, 2.45) is 29.1 Å². The van der Waals surface area contributed by atoms with Gasteiger partial charge in [0.25, 0.3) is 0 Å². The Hall–Kier alpha value is -3.41. The minimum absolute atomic E-state index is 0.0857. The molecule has 6 nitrogen and oxygen atoms in total. The molecule has 2 amide bonds. The van der Waals surface area contributed by atoms with Crippen LogP contribution in [0.2, 0.25) is 0 Å². The molecular weight excluding hydrogens is 474 g/mol. The van der Waals surface area contributed by atoms with Crippen LogP contribution in [0.25, 0.3) is 22.0 Å². The van der Waals surface area contributed by atoms with Crippen LogP contribution in [0.5, 0.6) is 0 Å². The topological polar surface area (TPSA) is 91.1 Å². The van der Waals surface area contributed by atoms with Crippen LogP contribution < -0.4 is 10.6 Å². The number of hydrogen-bond acceptors (Lipinski definition) is 3. The molecule has 5 aliphatic carbocycles. The lowest BCUT2D eigenvalue weighted by molar-refractivity contribution is -0.154. The summed E-state index contributed by atoms with van der Waals surface area (Å²) in [4.78, 5) is 42.1. The Labute approximate surface area is 223 Å². The lowest BCUT2D eigenvalue weighted by Gasteiger charge is -2.54. The summed E-state index contributed by atoms with van der Waals surface area (Å²) in [6.45, 7) is 0. The SMILES string of the molecule is O=C(Nc1ccc2[nH]cc(-c3ccc(NC(=O)C45CC6CC(C4)C(=O)C(C6)C5)cc3)c2c1)C1CCCCC1. The van der Waals surface area contributed by atoms with Crippen molar-refractivity contribution in [3.63, 3.8) is 0 Å². The lowest BCUT2D eigenvalue weighted by Crippen LogP contribution is -2.55. The second kappa shape index (κ2) is 9.11. The van der Waals surface area contributed by atoms with Gasteiger partial charge in [-0.2, -0.15) is 0 Å². The van der Waals surface area contributed by atoms with E-state index in [4.69, 9.17) is 0 Å². The zero-order valence-electron chi connectivity index (χ0n) is 21.7. The van der Waals surface area contributed by atoms with E-state index in [0.717, 1.165) is 91.2 Å². The van der Waals surface area contributed by atoms with Crippen molar-refractivity contribution in [1.82, 2.24) is 4.98 Å². The van der Waals surface area contributed by atoms with Gasteiger partial charge in [0.05, 0.1) is 5.41 Å². The van der Waals surface area contributed by atoms with Gasteiger partial charge < -0.3 is 15.6 Å². The van der Waals surface area contributed by atoms with Crippen LogP contribution in [0.1, 0.15) is 64.2 Å². The predicted molar refractivity (Wildman–Crippen MR) is 149 cm³/mol. The first-order chi connectivity index (χ1) is 18.5. The Bertz CT molecular complexity index is 1400. The summed E-state index contributed by atoms with van der Waals surface area (Å²) in [5, 5.41) is 7.38. The minimum atomic E-state index is -0.377. The number of fused-ring (bicyclic) bond motifs is 1. The summed E-state index contributed by atoms with van der Waals surface area (Å²) in [7, 11) is 0. The standard InChI is InChI=1S/C32H35N3O3/c36-29-22-12-19-13-23(29)17-32(15-19,16-22)31(38)35-24-8-6-20(7-9-24)27-18-33-28-11-10-25(14-26(27)28)34-30(37)21-4-2-1-3-5-21/h6-11,14,18-19,21-23,33H,1-5,12-13,15-17H2,(H,34,37)(H,35,38). The highest BCUT2D eigenvalue weighted by Gasteiger charge is 2.58. The maximum Gasteiger partial charge on any atom is 0.230 e. The summed E-state index contributed by atoms with van der Waals surface area (Å²) in [5.74, 6) is 1.45. The fourth-order valence-corrected chi connectivity index (χ4v) is 8.07. The third kappa shape index (κ3) is 4.05. The molecule has 2 aromatic carbocycles. The summed E-state index contributed by atoms with van der Waals surface area (Å²) >= 11 is 0. The number of hydrogen-bond donors (Lipinski definition) is 3. The van der Waals surface area contributed by atoms with Crippen molar-refractivity contribution < 1.29 is 14.4 Å². The highest BCUT2D eigenvalue weighted by molar-refractivity contribution is 6.01. The number of benzene rings is 2. The van der Waals surface area contributed by atoms with Crippen molar-refractivity contribution in [3.8, 4) is 11.1 Å². The Morgan fingerprint density at radius 3 is 2.29 bits per heavy atom. The number of amides is 2. The quantitative estimate of drug-likeness (QED) is 0.358. The van der Waals surface area contributed by atoms with Crippen LogP contribution in [0, 0.1) is 29.1 Å². The summed E-state index contributed by atoms with van der Waals surface area (Å²) < 4.78 is 0. The van der Waals surface area contributed by atoms with Gasteiger partial charge in [-0.15, -0.1) is 0 Å². The highest BCUT2D eigenvalue weighted by atomic mass is 16.2. The van der Waals surface area contributed by atoms with Crippen LogP contribution in [-0.4, -0.2) is 22.6 Å². The minimum Gasteiger partial charge on any atom is -0.361 e. The van der Waals surface area contributed by atoms with E-state index in [2.05, 4.69) is 15.6 Å². The molecule has 2 atom stereocenters. The number of anilines is 2. The molecule has 4 bridgehead atoms. The number of carbonyl (C=O) groups excluding carboxylic acids is 3. The van der Waals surface area contributed by atoms with E-state index >= 15 is 0 Å². The molecule has 2 unspecified atom stereocenters. The van der Waals surface area contributed by atoms with E-state index < -0.39 is 0 Å². The number of H-pyrrole nitrogens is 1. The van der Waals surface area contributed by atoms with Crippen molar-refractivity contribution in [2.45, 2.75) is 64.2 Å². The molecule has 5 fully saturated rings. The number of Topliss-reactive ketones (excluding diaryl/α,β-unsaturated/α-hetero) is 1. The monoisotopic (exact) mass is 509 g/mol. The number of carbonyl (C=O) groups is 3. The van der Waals surface area contributed by atoms with E-state index in [1.165, 1.54) is 6.42 Å². The zero-order chi connectivity index (χ0) is 25.9. The van der Waals surface area contributed by atoms with E-state index in [9.17, 15) is 14.4 Å². The largest absolute Gasteiger partial charge is 0.361 e. The van der Waals surface area contributed by atoms with Gasteiger partial charge in [-0.25, -0.2) is 0 Å². The first kappa shape index (κ1) is 23.7. The second-order valence-electron chi connectivity index (χ2n) is 12.3. The maximum absolute atomic E-state index is 13.4. The van der Waals surface area contributed by atoms with Gasteiger partial charge in [-0.3, -0.25) is 14.4 Å². The van der Waals surface area contributed by atoms with Gasteiger partial charge in [0, 0.05) is 51.8 Å². The van der Waals surface area contributed by atoms with Crippen LogP contribution in [0.15, 0.2) is 48.7 Å². The molecule has 3 aromatic rings.